The molecule has 0 unspecified atom stereocenters. The maximum absolute atomic E-state index is 11.8. The Hall–Kier alpha value is -2.26. The van der Waals surface area contributed by atoms with Crippen molar-refractivity contribution in [3.63, 3.8) is 0 Å². The Morgan fingerprint density at radius 1 is 1.00 bits per heavy atom. The molecule has 3 fully saturated rings. The Kier molecular flexibility index (Phi) is 6.01. The van der Waals surface area contributed by atoms with Crippen LogP contribution in [0.3, 0.4) is 0 Å². The molecule has 0 radical (unpaired) electrons. The summed E-state index contributed by atoms with van der Waals surface area (Å²) in [5.74, 6) is 1.26. The molecular weight excluding hydrogens is 352 g/mol. The zero-order valence-electron chi connectivity index (χ0n) is 16.6. The lowest BCUT2D eigenvalue weighted by atomic mass is 9.78. The molecule has 3 aliphatic rings. The van der Waals surface area contributed by atoms with E-state index in [1.807, 2.05) is 23.1 Å². The number of hydrogen-bond donors (Lipinski definition) is 0. The number of carbonyl (C=O) groups is 1. The van der Waals surface area contributed by atoms with Crippen LogP contribution in [0.25, 0.3) is 0 Å². The van der Waals surface area contributed by atoms with E-state index in [1.54, 1.807) is 0 Å². The number of piperazine rings is 1. The van der Waals surface area contributed by atoms with E-state index in [-0.39, 0.29) is 6.09 Å². The SMILES string of the molecule is N#Cc1ccccc1N1CCN(C[C@@H]2CCCC[C@H]2CN2CCOC2=O)CC1. The summed E-state index contributed by atoms with van der Waals surface area (Å²) in [6.07, 6.45) is 4.95. The van der Waals surface area contributed by atoms with E-state index >= 15 is 0 Å². The van der Waals surface area contributed by atoms with E-state index in [0.717, 1.165) is 57.1 Å². The highest BCUT2D eigenvalue weighted by atomic mass is 16.6. The number of carbonyl (C=O) groups excluding carboxylic acids is 1. The van der Waals surface area contributed by atoms with Gasteiger partial charge >= 0.3 is 6.09 Å². The molecule has 2 saturated heterocycles. The first-order valence-corrected chi connectivity index (χ1v) is 10.6. The van der Waals surface area contributed by atoms with Gasteiger partial charge in [-0.05, 0) is 36.8 Å². The molecule has 0 N–H and O–H groups in total. The van der Waals surface area contributed by atoms with Crippen molar-refractivity contribution < 1.29 is 9.53 Å². The summed E-state index contributed by atoms with van der Waals surface area (Å²) in [4.78, 5) is 18.7. The predicted molar refractivity (Wildman–Crippen MR) is 108 cm³/mol. The van der Waals surface area contributed by atoms with E-state index in [4.69, 9.17) is 4.74 Å². The normalized spacial score (nSPS) is 26.2. The van der Waals surface area contributed by atoms with Gasteiger partial charge in [0.1, 0.15) is 12.7 Å². The van der Waals surface area contributed by atoms with Crippen molar-refractivity contribution >= 4 is 11.8 Å². The molecule has 6 nitrogen and oxygen atoms in total. The number of cyclic esters (lactones) is 1. The molecule has 4 rings (SSSR count). The second-order valence-electron chi connectivity index (χ2n) is 8.28. The van der Waals surface area contributed by atoms with Gasteiger partial charge in [-0.1, -0.05) is 25.0 Å². The van der Waals surface area contributed by atoms with Crippen molar-refractivity contribution in [1.29, 1.82) is 5.26 Å². The molecule has 1 aromatic rings. The molecule has 6 heteroatoms. The highest BCUT2D eigenvalue weighted by Gasteiger charge is 2.32. The van der Waals surface area contributed by atoms with Crippen molar-refractivity contribution in [2.75, 3.05) is 57.3 Å². The van der Waals surface area contributed by atoms with Crippen LogP contribution in [0.15, 0.2) is 24.3 Å². The van der Waals surface area contributed by atoms with Gasteiger partial charge in [-0.15, -0.1) is 0 Å². The van der Waals surface area contributed by atoms with Crippen molar-refractivity contribution in [2.24, 2.45) is 11.8 Å². The third kappa shape index (κ3) is 4.25. The van der Waals surface area contributed by atoms with Crippen LogP contribution in [0.4, 0.5) is 10.5 Å². The van der Waals surface area contributed by atoms with E-state index in [9.17, 15) is 10.1 Å². The van der Waals surface area contributed by atoms with Gasteiger partial charge < -0.3 is 14.5 Å². The summed E-state index contributed by atoms with van der Waals surface area (Å²) in [5, 5.41) is 9.36. The average Bonchev–Trinajstić information content (AvgIpc) is 3.14. The van der Waals surface area contributed by atoms with Crippen molar-refractivity contribution in [3.05, 3.63) is 29.8 Å². The minimum absolute atomic E-state index is 0.130. The maximum Gasteiger partial charge on any atom is 0.409 e. The topological polar surface area (TPSA) is 59.8 Å². The number of anilines is 1. The fourth-order valence-corrected chi connectivity index (χ4v) is 4.99. The quantitative estimate of drug-likeness (QED) is 0.784. The molecule has 1 aromatic carbocycles. The van der Waals surface area contributed by atoms with E-state index < -0.39 is 0 Å². The summed E-state index contributed by atoms with van der Waals surface area (Å²) >= 11 is 0. The number of hydrogen-bond acceptors (Lipinski definition) is 5. The number of rotatable bonds is 5. The number of nitriles is 1. The van der Waals surface area contributed by atoms with Crippen LogP contribution in [0, 0.1) is 23.2 Å². The lowest BCUT2D eigenvalue weighted by Crippen LogP contribution is -2.49. The smallest absolute Gasteiger partial charge is 0.409 e. The standard InChI is InChI=1S/C22H30N4O2/c23-15-18-5-3-4-8-21(18)25-11-9-24(10-12-25)16-19-6-1-2-7-20(19)17-26-13-14-28-22(26)27/h3-5,8,19-20H,1-2,6-7,9-14,16-17H2/t19-,20-/m0/s1. The minimum Gasteiger partial charge on any atom is -0.448 e. The molecular formula is C22H30N4O2. The number of amides is 1. The Morgan fingerprint density at radius 2 is 1.71 bits per heavy atom. The molecule has 1 aliphatic carbocycles. The summed E-state index contributed by atoms with van der Waals surface area (Å²) in [6, 6.07) is 10.2. The van der Waals surface area contributed by atoms with E-state index in [1.165, 1.54) is 25.7 Å². The Balaban J connectivity index is 1.32. The molecule has 1 saturated carbocycles. The zero-order valence-corrected chi connectivity index (χ0v) is 16.6. The predicted octanol–water partition coefficient (Wildman–Crippen LogP) is 2.94. The molecule has 2 atom stereocenters. The fourth-order valence-electron chi connectivity index (χ4n) is 4.99. The minimum atomic E-state index is -0.130. The van der Waals surface area contributed by atoms with Gasteiger partial charge in [0.2, 0.25) is 0 Å². The van der Waals surface area contributed by atoms with Gasteiger partial charge in [0.25, 0.3) is 0 Å². The molecule has 2 heterocycles. The van der Waals surface area contributed by atoms with Crippen molar-refractivity contribution in [2.45, 2.75) is 25.7 Å². The second kappa shape index (κ2) is 8.83. The van der Waals surface area contributed by atoms with E-state index in [2.05, 4.69) is 21.9 Å². The van der Waals surface area contributed by atoms with Gasteiger partial charge in [-0.3, -0.25) is 4.90 Å². The van der Waals surface area contributed by atoms with E-state index in [0.29, 0.717) is 18.4 Å². The van der Waals surface area contributed by atoms with Gasteiger partial charge in [0.15, 0.2) is 0 Å². The number of nitrogens with zero attached hydrogens (tertiary/aromatic N) is 4. The molecule has 0 aromatic heterocycles. The first-order valence-electron chi connectivity index (χ1n) is 10.6. The number of benzene rings is 1. The third-order valence-corrected chi connectivity index (χ3v) is 6.60. The third-order valence-electron chi connectivity index (χ3n) is 6.60. The molecule has 2 aliphatic heterocycles. The summed E-state index contributed by atoms with van der Waals surface area (Å²) < 4.78 is 5.11. The van der Waals surface area contributed by atoms with Crippen molar-refractivity contribution in [3.8, 4) is 6.07 Å². The van der Waals surface area contributed by atoms with Crippen LogP contribution in [0.2, 0.25) is 0 Å². The maximum atomic E-state index is 11.8. The molecule has 0 bridgehead atoms. The summed E-state index contributed by atoms with van der Waals surface area (Å²) in [7, 11) is 0. The molecule has 150 valence electrons. The molecule has 28 heavy (non-hydrogen) atoms. The van der Waals surface area contributed by atoms with Crippen LogP contribution < -0.4 is 4.90 Å². The highest BCUT2D eigenvalue weighted by Crippen LogP contribution is 2.32. The van der Waals surface area contributed by atoms with Crippen LogP contribution in [0.5, 0.6) is 0 Å². The lowest BCUT2D eigenvalue weighted by molar-refractivity contribution is 0.115. The highest BCUT2D eigenvalue weighted by molar-refractivity contribution is 5.69. The van der Waals surface area contributed by atoms with Crippen molar-refractivity contribution in [1.82, 2.24) is 9.80 Å². The van der Waals surface area contributed by atoms with Gasteiger partial charge in [-0.25, -0.2) is 4.79 Å². The van der Waals surface area contributed by atoms with Crippen LogP contribution >= 0.6 is 0 Å². The Morgan fingerprint density at radius 3 is 2.39 bits per heavy atom. The van der Waals surface area contributed by atoms with Gasteiger partial charge in [0.05, 0.1) is 17.8 Å². The first kappa shape index (κ1) is 19.1. The number of ether oxygens (including phenoxy) is 1. The van der Waals surface area contributed by atoms with Crippen LogP contribution in [-0.4, -0.2) is 68.3 Å². The Bertz CT molecular complexity index is 723. The fraction of sp³-hybridized carbons (Fsp3) is 0.636. The summed E-state index contributed by atoms with van der Waals surface area (Å²) in [6.45, 7) is 7.29. The lowest BCUT2D eigenvalue weighted by Gasteiger charge is -2.41. The molecule has 1 amide bonds. The van der Waals surface area contributed by atoms with Gasteiger partial charge in [0, 0.05) is 39.3 Å². The van der Waals surface area contributed by atoms with Crippen LogP contribution in [0.1, 0.15) is 31.2 Å². The monoisotopic (exact) mass is 382 g/mol. The largest absolute Gasteiger partial charge is 0.448 e. The second-order valence-corrected chi connectivity index (χ2v) is 8.28. The Labute approximate surface area is 167 Å². The average molecular weight is 383 g/mol. The van der Waals surface area contributed by atoms with Gasteiger partial charge in [-0.2, -0.15) is 5.26 Å². The zero-order chi connectivity index (χ0) is 19.3. The molecule has 0 spiro atoms. The first-order chi connectivity index (χ1) is 13.7. The van der Waals surface area contributed by atoms with Crippen LogP contribution in [-0.2, 0) is 4.74 Å². The summed E-state index contributed by atoms with van der Waals surface area (Å²) in [5.41, 5.74) is 1.83. The number of para-hydroxylation sites is 1.